The average Bonchev–Trinajstić information content (AvgIpc) is 1.38. The van der Waals surface area contributed by atoms with Crippen molar-refractivity contribution < 1.29 is 4.39 Å². The van der Waals surface area contributed by atoms with Crippen LogP contribution in [0.15, 0.2) is 0 Å². The highest BCUT2D eigenvalue weighted by Crippen LogP contribution is 2.12. The Labute approximate surface area is 41.5 Å². The van der Waals surface area contributed by atoms with Crippen LogP contribution in [0.4, 0.5) is 4.39 Å². The van der Waals surface area contributed by atoms with Crippen LogP contribution in [-0.4, -0.2) is 4.45 Å². The zero-order valence-corrected chi connectivity index (χ0v) is 5.06. The fourth-order valence-electron chi connectivity index (χ4n) is 0. The maximum absolute atomic E-state index is 11.1. The van der Waals surface area contributed by atoms with Gasteiger partial charge in [0.15, 0.2) is 0 Å². The molecule has 0 aliphatic carbocycles. The van der Waals surface area contributed by atoms with Gasteiger partial charge in [0.1, 0.15) is 0 Å². The molecule has 0 aliphatic heterocycles. The van der Waals surface area contributed by atoms with Crippen molar-refractivity contribution in [3.05, 3.63) is 0 Å². The minimum Gasteiger partial charge on any atom is -0.186 e. The minimum atomic E-state index is -0.532. The Hall–Kier alpha value is 0.800. The van der Waals surface area contributed by atoms with E-state index in [0.717, 1.165) is 11.4 Å². The van der Waals surface area contributed by atoms with Crippen molar-refractivity contribution in [2.24, 2.45) is 0 Å². The third-order valence-electron chi connectivity index (χ3n) is 0.0927. The largest absolute Gasteiger partial charge is 0.223 e. The predicted molar refractivity (Wildman–Crippen MR) is 31.0 cm³/mol. The van der Waals surface area contributed by atoms with Crippen LogP contribution in [0.3, 0.4) is 0 Å². The lowest BCUT2D eigenvalue weighted by molar-refractivity contribution is 0.853. The molecule has 0 heterocycles. The summed E-state index contributed by atoms with van der Waals surface area (Å²) in [5.74, 6) is 0. The van der Waals surface area contributed by atoms with E-state index in [-0.39, 0.29) is 0 Å². The minimum absolute atomic E-state index is 0.532. The van der Waals surface area contributed by atoms with Crippen molar-refractivity contribution >= 4 is 36.5 Å². The van der Waals surface area contributed by atoms with Crippen LogP contribution < -0.4 is 0 Å². The summed E-state index contributed by atoms with van der Waals surface area (Å²) in [7, 11) is 2.09. The SMILES string of the molecule is FC(=S)SP. The highest BCUT2D eigenvalue weighted by atomic mass is 32.7. The van der Waals surface area contributed by atoms with Crippen molar-refractivity contribution in [1.82, 2.24) is 0 Å². The molecule has 0 spiro atoms. The Balaban J connectivity index is 2.85. The van der Waals surface area contributed by atoms with Crippen LogP contribution in [0.1, 0.15) is 0 Å². The van der Waals surface area contributed by atoms with Gasteiger partial charge in [-0.3, -0.25) is 0 Å². The van der Waals surface area contributed by atoms with Gasteiger partial charge in [0.25, 0.3) is 0 Å². The van der Waals surface area contributed by atoms with Crippen molar-refractivity contribution in [2.75, 3.05) is 0 Å². The zero-order chi connectivity index (χ0) is 4.28. The van der Waals surface area contributed by atoms with Crippen molar-refractivity contribution in [3.8, 4) is 0 Å². The first-order chi connectivity index (χ1) is 2.27. The van der Waals surface area contributed by atoms with Gasteiger partial charge in [-0.25, -0.2) is 0 Å². The molecule has 0 aromatic carbocycles. The summed E-state index contributed by atoms with van der Waals surface area (Å²) in [6.45, 7) is 0. The van der Waals surface area contributed by atoms with Crippen LogP contribution in [0.5, 0.6) is 0 Å². The number of hydrogen-bond donors (Lipinski definition) is 0. The van der Waals surface area contributed by atoms with E-state index in [2.05, 4.69) is 20.7 Å². The molecule has 4 heteroatoms. The summed E-state index contributed by atoms with van der Waals surface area (Å²) in [6, 6.07) is 0. The average molecular weight is 128 g/mol. The van der Waals surface area contributed by atoms with Gasteiger partial charge in [0.05, 0.1) is 0 Å². The third-order valence-corrected chi connectivity index (χ3v) is 1.70. The Morgan fingerprint density at radius 3 is 2.20 bits per heavy atom. The molecule has 0 amide bonds. The van der Waals surface area contributed by atoms with Crippen LogP contribution in [-0.2, 0) is 0 Å². The van der Waals surface area contributed by atoms with Gasteiger partial charge in [-0.05, 0) is 12.2 Å². The van der Waals surface area contributed by atoms with Gasteiger partial charge >= 0.3 is 0 Å². The first-order valence-electron chi connectivity index (χ1n) is 0.833. The van der Waals surface area contributed by atoms with E-state index in [4.69, 9.17) is 0 Å². The molecule has 0 radical (unpaired) electrons. The highest BCUT2D eigenvalue weighted by molar-refractivity contribution is 8.55. The zero-order valence-electron chi connectivity index (χ0n) is 2.27. The first-order valence-corrected chi connectivity index (χ1v) is 3.54. The van der Waals surface area contributed by atoms with E-state index in [1.165, 1.54) is 0 Å². The molecule has 0 saturated carbocycles. The van der Waals surface area contributed by atoms with Gasteiger partial charge in [0.2, 0.25) is 4.45 Å². The second kappa shape index (κ2) is 3.01. The quantitative estimate of drug-likeness (QED) is 0.277. The summed E-state index contributed by atoms with van der Waals surface area (Å²) in [5, 5.41) is 0. The molecule has 30 valence electrons. The van der Waals surface area contributed by atoms with Crippen molar-refractivity contribution in [2.45, 2.75) is 0 Å². The fraction of sp³-hybridized carbons (Fsp3) is 0. The lowest BCUT2D eigenvalue weighted by Crippen LogP contribution is -1.56. The second-order valence-corrected chi connectivity index (χ2v) is 2.27. The summed E-state index contributed by atoms with van der Waals surface area (Å²) in [5.41, 5.74) is 0. The molecule has 0 fully saturated rings. The van der Waals surface area contributed by atoms with Crippen LogP contribution in [0.2, 0.25) is 0 Å². The van der Waals surface area contributed by atoms with Gasteiger partial charge < -0.3 is 0 Å². The Morgan fingerprint density at radius 1 is 2.00 bits per heavy atom. The number of thiocarbonyl (C=S) groups is 1. The second-order valence-electron chi connectivity index (χ2n) is 0.355. The monoisotopic (exact) mass is 128 g/mol. The Bertz CT molecular complexity index is 44.9. The molecule has 0 N–H and O–H groups in total. The Morgan fingerprint density at radius 2 is 2.20 bits per heavy atom. The van der Waals surface area contributed by atoms with Crippen LogP contribution in [0.25, 0.3) is 0 Å². The molecule has 1 unspecified atom stereocenters. The fourth-order valence-corrected chi connectivity index (χ4v) is 0. The van der Waals surface area contributed by atoms with Crippen LogP contribution in [0, 0.1) is 0 Å². The van der Waals surface area contributed by atoms with E-state index in [1.807, 2.05) is 0 Å². The molecular formula is CH2FPS2. The lowest BCUT2D eigenvalue weighted by Gasteiger charge is -1.70. The van der Waals surface area contributed by atoms with E-state index in [9.17, 15) is 4.39 Å². The Kier molecular flexibility index (Phi) is 3.49. The molecule has 0 aliphatic rings. The smallest absolute Gasteiger partial charge is 0.186 e. The summed E-state index contributed by atoms with van der Waals surface area (Å²) < 4.78 is 10.6. The number of hydrogen-bond acceptors (Lipinski definition) is 2. The van der Waals surface area contributed by atoms with Crippen LogP contribution >= 0.6 is 32.0 Å². The molecule has 0 aromatic rings. The highest BCUT2D eigenvalue weighted by Gasteiger charge is 1.78. The van der Waals surface area contributed by atoms with Crippen molar-refractivity contribution in [1.29, 1.82) is 0 Å². The molecular weight excluding hydrogens is 126 g/mol. The molecule has 5 heavy (non-hydrogen) atoms. The maximum Gasteiger partial charge on any atom is 0.223 e. The van der Waals surface area contributed by atoms with E-state index >= 15 is 0 Å². The standard InChI is InChI=1S/CH2FPS2/c2-1(4)5-3/h3H2. The number of halogens is 1. The van der Waals surface area contributed by atoms with E-state index in [1.54, 1.807) is 0 Å². The summed E-state index contributed by atoms with van der Waals surface area (Å²) >= 11 is 4.83. The molecule has 0 rings (SSSR count). The molecule has 0 aromatic heterocycles. The molecule has 0 nitrogen and oxygen atoms in total. The third kappa shape index (κ3) is 4.80. The van der Waals surface area contributed by atoms with E-state index in [0.29, 0.717) is 0 Å². The molecule has 1 atom stereocenters. The van der Waals surface area contributed by atoms with Gasteiger partial charge in [-0.1, -0.05) is 19.8 Å². The van der Waals surface area contributed by atoms with Gasteiger partial charge in [-0.15, -0.1) is 0 Å². The molecule has 0 saturated heterocycles. The molecule has 0 bridgehead atoms. The summed E-state index contributed by atoms with van der Waals surface area (Å²) in [4.78, 5) is 0. The summed E-state index contributed by atoms with van der Waals surface area (Å²) in [6.07, 6.45) is 0. The lowest BCUT2D eigenvalue weighted by atomic mass is 11.8. The predicted octanol–water partition coefficient (Wildman–Crippen LogP) is 1.76. The normalized spacial score (nSPS) is 7.60. The maximum atomic E-state index is 11.1. The van der Waals surface area contributed by atoms with E-state index < -0.39 is 4.45 Å². The topological polar surface area (TPSA) is 0 Å². The van der Waals surface area contributed by atoms with Crippen molar-refractivity contribution in [3.63, 3.8) is 0 Å². The number of rotatable bonds is 0. The first kappa shape index (κ1) is 5.80. The van der Waals surface area contributed by atoms with Gasteiger partial charge in [-0.2, -0.15) is 4.39 Å². The van der Waals surface area contributed by atoms with Gasteiger partial charge in [0, 0.05) is 0 Å².